The predicted molar refractivity (Wildman–Crippen MR) is 63.9 cm³/mol. The van der Waals surface area contributed by atoms with Crippen molar-refractivity contribution < 1.29 is 13.2 Å². The normalized spacial score (nSPS) is 11.5. The molecule has 0 N–H and O–H groups in total. The summed E-state index contributed by atoms with van der Waals surface area (Å²) >= 11 is 3.33. The Hall–Kier alpha value is -0.260. The molecular formula is C9H10BrClO3S. The van der Waals surface area contributed by atoms with Crippen LogP contribution in [0.2, 0.25) is 0 Å². The second kappa shape index (κ2) is 4.72. The average Bonchev–Trinajstić information content (AvgIpc) is 2.10. The number of methoxy groups -OCH3 is 1. The Balaban J connectivity index is 3.22. The lowest BCUT2D eigenvalue weighted by molar-refractivity contribution is 0.414. The zero-order valence-electron chi connectivity index (χ0n) is 8.25. The van der Waals surface area contributed by atoms with E-state index in [-0.39, 0.29) is 5.75 Å². The fourth-order valence-corrected chi connectivity index (χ4v) is 2.67. The summed E-state index contributed by atoms with van der Waals surface area (Å²) in [7, 11) is 3.18. The smallest absolute Gasteiger partial charge is 0.236 e. The van der Waals surface area contributed by atoms with E-state index in [9.17, 15) is 8.42 Å². The molecule has 0 aliphatic rings. The molecule has 15 heavy (non-hydrogen) atoms. The molecule has 0 bridgehead atoms. The van der Waals surface area contributed by atoms with Gasteiger partial charge in [-0.1, -0.05) is 15.9 Å². The van der Waals surface area contributed by atoms with Gasteiger partial charge >= 0.3 is 0 Å². The van der Waals surface area contributed by atoms with Crippen LogP contribution in [0.4, 0.5) is 0 Å². The van der Waals surface area contributed by atoms with Crippen LogP contribution in [-0.2, 0) is 14.8 Å². The van der Waals surface area contributed by atoms with Crippen molar-refractivity contribution in [2.75, 3.05) is 7.11 Å². The van der Waals surface area contributed by atoms with Gasteiger partial charge < -0.3 is 4.74 Å². The number of hydrogen-bond acceptors (Lipinski definition) is 3. The Morgan fingerprint density at radius 3 is 2.53 bits per heavy atom. The fourth-order valence-electron chi connectivity index (χ4n) is 1.16. The molecule has 0 saturated carbocycles. The molecule has 1 aromatic carbocycles. The first-order chi connectivity index (χ1) is 6.83. The molecule has 0 amide bonds. The molecule has 6 heteroatoms. The van der Waals surface area contributed by atoms with Crippen molar-refractivity contribution in [1.82, 2.24) is 0 Å². The van der Waals surface area contributed by atoms with Gasteiger partial charge in [0, 0.05) is 15.2 Å². The summed E-state index contributed by atoms with van der Waals surface area (Å²) in [5, 5.41) is 0. The lowest BCUT2D eigenvalue weighted by Crippen LogP contribution is -1.99. The molecule has 1 aromatic rings. The van der Waals surface area contributed by atoms with Crippen LogP contribution in [0.5, 0.6) is 5.75 Å². The van der Waals surface area contributed by atoms with Crippen LogP contribution >= 0.6 is 26.6 Å². The van der Waals surface area contributed by atoms with E-state index in [0.29, 0.717) is 11.3 Å². The zero-order valence-corrected chi connectivity index (χ0v) is 11.4. The van der Waals surface area contributed by atoms with Gasteiger partial charge in [-0.05, 0) is 30.2 Å². The van der Waals surface area contributed by atoms with E-state index in [1.165, 1.54) is 7.11 Å². The minimum absolute atomic E-state index is 0.198. The van der Waals surface area contributed by atoms with Crippen molar-refractivity contribution >= 4 is 35.7 Å². The van der Waals surface area contributed by atoms with Crippen molar-refractivity contribution in [2.45, 2.75) is 12.7 Å². The minimum Gasteiger partial charge on any atom is -0.497 e. The number of halogens is 2. The Morgan fingerprint density at radius 1 is 1.47 bits per heavy atom. The molecule has 0 saturated heterocycles. The van der Waals surface area contributed by atoms with E-state index in [1.807, 2.05) is 6.92 Å². The number of ether oxygens (including phenoxy) is 1. The third-order valence-corrected chi connectivity index (χ3v) is 3.80. The highest BCUT2D eigenvalue weighted by molar-refractivity contribution is 9.10. The van der Waals surface area contributed by atoms with Crippen molar-refractivity contribution in [2.24, 2.45) is 0 Å². The monoisotopic (exact) mass is 312 g/mol. The highest BCUT2D eigenvalue weighted by atomic mass is 79.9. The van der Waals surface area contributed by atoms with Crippen LogP contribution in [0.25, 0.3) is 0 Å². The van der Waals surface area contributed by atoms with E-state index < -0.39 is 9.05 Å². The lowest BCUT2D eigenvalue weighted by Gasteiger charge is -2.09. The molecule has 0 fully saturated rings. The van der Waals surface area contributed by atoms with Crippen molar-refractivity contribution in [3.05, 3.63) is 27.7 Å². The van der Waals surface area contributed by atoms with Gasteiger partial charge in [0.2, 0.25) is 9.05 Å². The maximum Gasteiger partial charge on any atom is 0.236 e. The minimum atomic E-state index is -3.55. The molecule has 0 unspecified atom stereocenters. The number of hydrogen-bond donors (Lipinski definition) is 0. The van der Waals surface area contributed by atoms with Gasteiger partial charge in [0.15, 0.2) is 0 Å². The molecule has 0 aliphatic carbocycles. The number of rotatable bonds is 3. The third-order valence-electron chi connectivity index (χ3n) is 1.99. The highest BCUT2D eigenvalue weighted by Gasteiger charge is 2.12. The summed E-state index contributed by atoms with van der Waals surface area (Å²) in [6.07, 6.45) is 0. The van der Waals surface area contributed by atoms with Gasteiger partial charge in [0.1, 0.15) is 5.75 Å². The first-order valence-electron chi connectivity index (χ1n) is 4.09. The standard InChI is InChI=1S/C9H10BrClO3S/c1-6-7(5-15(11,12)13)3-8(14-2)4-9(6)10/h3-4H,5H2,1-2H3. The van der Waals surface area contributed by atoms with E-state index in [2.05, 4.69) is 15.9 Å². The summed E-state index contributed by atoms with van der Waals surface area (Å²) in [5.74, 6) is 0.402. The van der Waals surface area contributed by atoms with E-state index >= 15 is 0 Å². The summed E-state index contributed by atoms with van der Waals surface area (Å²) < 4.78 is 27.8. The van der Waals surface area contributed by atoms with Crippen LogP contribution in [0, 0.1) is 6.92 Å². The molecule has 3 nitrogen and oxygen atoms in total. The van der Waals surface area contributed by atoms with Gasteiger partial charge in [-0.15, -0.1) is 0 Å². The Morgan fingerprint density at radius 2 is 2.07 bits per heavy atom. The lowest BCUT2D eigenvalue weighted by atomic mass is 10.1. The third kappa shape index (κ3) is 3.66. The van der Waals surface area contributed by atoms with Crippen molar-refractivity contribution in [3.63, 3.8) is 0 Å². The van der Waals surface area contributed by atoms with Crippen LogP contribution in [0.15, 0.2) is 16.6 Å². The topological polar surface area (TPSA) is 43.4 Å². The molecular weight excluding hydrogens is 304 g/mol. The maximum absolute atomic E-state index is 11.0. The SMILES string of the molecule is COc1cc(Br)c(C)c(CS(=O)(=O)Cl)c1. The second-order valence-electron chi connectivity index (χ2n) is 3.08. The van der Waals surface area contributed by atoms with Gasteiger partial charge in [0.25, 0.3) is 0 Å². The Labute approximate surface area is 102 Å². The quantitative estimate of drug-likeness (QED) is 0.806. The van der Waals surface area contributed by atoms with Gasteiger partial charge in [-0.3, -0.25) is 0 Å². The molecule has 0 heterocycles. The fraction of sp³-hybridized carbons (Fsp3) is 0.333. The van der Waals surface area contributed by atoms with Gasteiger partial charge in [-0.25, -0.2) is 8.42 Å². The first-order valence-corrected chi connectivity index (χ1v) is 7.36. The summed E-state index contributed by atoms with van der Waals surface area (Å²) in [4.78, 5) is 0. The van der Waals surface area contributed by atoms with Crippen molar-refractivity contribution in [3.8, 4) is 5.75 Å². The van der Waals surface area contributed by atoms with E-state index in [1.54, 1.807) is 12.1 Å². The number of benzene rings is 1. The van der Waals surface area contributed by atoms with Gasteiger partial charge in [0.05, 0.1) is 12.9 Å². The molecule has 0 aromatic heterocycles. The van der Waals surface area contributed by atoms with E-state index in [4.69, 9.17) is 15.4 Å². The van der Waals surface area contributed by atoms with Crippen LogP contribution in [0.1, 0.15) is 11.1 Å². The molecule has 0 radical (unpaired) electrons. The summed E-state index contributed by atoms with van der Waals surface area (Å²) in [5.41, 5.74) is 1.48. The molecule has 1 rings (SSSR count). The maximum atomic E-state index is 11.0. The largest absolute Gasteiger partial charge is 0.497 e. The second-order valence-corrected chi connectivity index (χ2v) is 6.71. The molecule has 0 aliphatic heterocycles. The summed E-state index contributed by atoms with van der Waals surface area (Å²) in [6.45, 7) is 1.82. The summed E-state index contributed by atoms with van der Waals surface area (Å²) in [6, 6.07) is 3.44. The average molecular weight is 314 g/mol. The highest BCUT2D eigenvalue weighted by Crippen LogP contribution is 2.28. The Bertz CT molecular complexity index is 470. The van der Waals surface area contributed by atoms with Crippen LogP contribution in [0.3, 0.4) is 0 Å². The zero-order chi connectivity index (χ0) is 11.6. The predicted octanol–water partition coefficient (Wildman–Crippen LogP) is 2.83. The molecule has 0 spiro atoms. The van der Waals surface area contributed by atoms with Gasteiger partial charge in [-0.2, -0.15) is 0 Å². The van der Waals surface area contributed by atoms with E-state index in [0.717, 1.165) is 10.0 Å². The van der Waals surface area contributed by atoms with Crippen LogP contribution in [-0.4, -0.2) is 15.5 Å². The van der Waals surface area contributed by atoms with Crippen LogP contribution < -0.4 is 4.74 Å². The Kier molecular flexibility index (Phi) is 4.03. The molecule has 0 atom stereocenters. The molecule has 84 valence electrons. The van der Waals surface area contributed by atoms with Crippen molar-refractivity contribution in [1.29, 1.82) is 0 Å². The first kappa shape index (κ1) is 12.8.